The number of fused-ring (bicyclic) bond motifs is 1. The largest absolute Gasteiger partial charge is 0.451 e. The number of carbonyl (C=O) groups is 2. The van der Waals surface area contributed by atoms with Crippen LogP contribution in [0.3, 0.4) is 0 Å². The lowest BCUT2D eigenvalue weighted by Crippen LogP contribution is -2.36. The Morgan fingerprint density at radius 3 is 2.21 bits per heavy atom. The number of nitrogens with zero attached hydrogens (tertiary/aromatic N) is 3. The predicted octanol–water partition coefficient (Wildman–Crippen LogP) is 1.08. The molecule has 0 aromatic carbocycles. The third kappa shape index (κ3) is 1.90. The number of hydrogen-bond acceptors (Lipinski definition) is 5. The zero-order valence-corrected chi connectivity index (χ0v) is 9.95. The molecule has 19 heavy (non-hydrogen) atoms. The first kappa shape index (κ1) is 13.2. The summed E-state index contributed by atoms with van der Waals surface area (Å²) in [6.07, 6.45) is -4.84. The Morgan fingerprint density at radius 2 is 1.74 bits per heavy atom. The number of carbonyl (C=O) groups excluding carboxylic acids is 2. The van der Waals surface area contributed by atoms with Crippen molar-refractivity contribution in [1.82, 2.24) is 14.9 Å². The highest BCUT2D eigenvalue weighted by Crippen LogP contribution is 2.32. The molecule has 0 fully saturated rings. The summed E-state index contributed by atoms with van der Waals surface area (Å²) >= 11 is 0. The van der Waals surface area contributed by atoms with E-state index < -0.39 is 41.4 Å². The molecule has 1 aliphatic rings. The maximum absolute atomic E-state index is 12.5. The van der Waals surface area contributed by atoms with E-state index in [-0.39, 0.29) is 5.56 Å². The number of nitrogen functional groups attached to an aromatic ring is 1. The van der Waals surface area contributed by atoms with E-state index in [1.54, 1.807) is 13.8 Å². The van der Waals surface area contributed by atoms with Crippen LogP contribution in [-0.4, -0.2) is 32.7 Å². The minimum Gasteiger partial charge on any atom is -0.383 e. The van der Waals surface area contributed by atoms with Gasteiger partial charge in [0.25, 0.3) is 11.8 Å². The molecule has 0 spiro atoms. The van der Waals surface area contributed by atoms with Gasteiger partial charge in [0.1, 0.15) is 17.1 Å². The molecule has 0 aliphatic carbocycles. The molecular weight excluding hydrogens is 265 g/mol. The second-order valence-electron chi connectivity index (χ2n) is 4.23. The van der Waals surface area contributed by atoms with Crippen molar-refractivity contribution in [1.29, 1.82) is 0 Å². The highest BCUT2D eigenvalue weighted by molar-refractivity contribution is 6.22. The lowest BCUT2D eigenvalue weighted by molar-refractivity contribution is -0.144. The molecule has 2 heterocycles. The minimum absolute atomic E-state index is 0.369. The van der Waals surface area contributed by atoms with Gasteiger partial charge in [-0.25, -0.2) is 9.97 Å². The van der Waals surface area contributed by atoms with Crippen LogP contribution in [-0.2, 0) is 6.18 Å². The van der Waals surface area contributed by atoms with Crippen molar-refractivity contribution >= 4 is 17.6 Å². The Labute approximate surface area is 105 Å². The van der Waals surface area contributed by atoms with Crippen molar-refractivity contribution in [2.75, 3.05) is 5.73 Å². The van der Waals surface area contributed by atoms with E-state index >= 15 is 0 Å². The van der Waals surface area contributed by atoms with E-state index in [2.05, 4.69) is 9.97 Å². The van der Waals surface area contributed by atoms with Crippen LogP contribution in [0.1, 0.15) is 40.5 Å². The third-order valence-corrected chi connectivity index (χ3v) is 2.56. The third-order valence-electron chi connectivity index (χ3n) is 2.56. The average molecular weight is 274 g/mol. The van der Waals surface area contributed by atoms with Gasteiger partial charge < -0.3 is 5.73 Å². The van der Waals surface area contributed by atoms with Gasteiger partial charge in [-0.15, -0.1) is 0 Å². The fraction of sp³-hybridized carbons (Fsp3) is 0.400. The highest BCUT2D eigenvalue weighted by Gasteiger charge is 2.44. The van der Waals surface area contributed by atoms with Crippen LogP contribution >= 0.6 is 0 Å². The summed E-state index contributed by atoms with van der Waals surface area (Å²) in [6, 6.07) is -0.511. The Hall–Kier alpha value is -2.19. The lowest BCUT2D eigenvalue weighted by atomic mass is 10.2. The van der Waals surface area contributed by atoms with Crippen molar-refractivity contribution in [3.63, 3.8) is 0 Å². The van der Waals surface area contributed by atoms with Crippen LogP contribution in [0, 0.1) is 0 Å². The molecule has 0 bridgehead atoms. The molecule has 102 valence electrons. The molecule has 0 saturated heterocycles. The first-order valence-electron chi connectivity index (χ1n) is 5.27. The molecule has 1 aliphatic heterocycles. The summed E-state index contributed by atoms with van der Waals surface area (Å²) in [7, 11) is 0. The first-order chi connectivity index (χ1) is 8.64. The number of alkyl halides is 3. The van der Waals surface area contributed by atoms with Gasteiger partial charge in [-0.2, -0.15) is 13.2 Å². The zero-order valence-electron chi connectivity index (χ0n) is 9.95. The Kier molecular flexibility index (Phi) is 2.72. The van der Waals surface area contributed by atoms with Gasteiger partial charge in [-0.3, -0.25) is 14.5 Å². The number of aromatic nitrogens is 2. The molecule has 9 heteroatoms. The lowest BCUT2D eigenvalue weighted by Gasteiger charge is -2.17. The van der Waals surface area contributed by atoms with Crippen molar-refractivity contribution < 1.29 is 22.8 Å². The summed E-state index contributed by atoms with van der Waals surface area (Å²) in [5.41, 5.74) is 4.37. The standard InChI is InChI=1S/C10H9F3N4O2/c1-3(2)17-7(18)4-5(8(17)19)15-9(10(11,12)13)16-6(4)14/h3H,1-2H3,(H2,14,15,16). The maximum atomic E-state index is 12.5. The number of halogens is 3. The van der Waals surface area contributed by atoms with Crippen molar-refractivity contribution in [3.05, 3.63) is 17.1 Å². The smallest absolute Gasteiger partial charge is 0.383 e. The Balaban J connectivity index is 2.64. The van der Waals surface area contributed by atoms with E-state index in [0.29, 0.717) is 0 Å². The summed E-state index contributed by atoms with van der Waals surface area (Å²) < 4.78 is 37.6. The molecule has 1 aromatic rings. The summed E-state index contributed by atoms with van der Waals surface area (Å²) in [4.78, 5) is 30.7. The Morgan fingerprint density at radius 1 is 1.16 bits per heavy atom. The Bertz CT molecular complexity index is 583. The van der Waals surface area contributed by atoms with Crippen LogP contribution in [0.15, 0.2) is 0 Å². The van der Waals surface area contributed by atoms with E-state index in [0.717, 1.165) is 4.90 Å². The molecule has 2 rings (SSSR count). The van der Waals surface area contributed by atoms with Gasteiger partial charge in [-0.1, -0.05) is 0 Å². The summed E-state index contributed by atoms with van der Waals surface area (Å²) in [5.74, 6) is -3.84. The van der Waals surface area contributed by atoms with Crippen molar-refractivity contribution in [2.24, 2.45) is 0 Å². The molecule has 2 N–H and O–H groups in total. The van der Waals surface area contributed by atoms with Crippen LogP contribution in [0.4, 0.5) is 19.0 Å². The van der Waals surface area contributed by atoms with Crippen molar-refractivity contribution in [2.45, 2.75) is 26.1 Å². The summed E-state index contributed by atoms with van der Waals surface area (Å²) in [6.45, 7) is 3.10. The second kappa shape index (κ2) is 3.90. The van der Waals surface area contributed by atoms with Gasteiger partial charge in [-0.05, 0) is 13.8 Å². The van der Waals surface area contributed by atoms with Crippen LogP contribution in [0.2, 0.25) is 0 Å². The average Bonchev–Trinajstić information content (AvgIpc) is 2.50. The van der Waals surface area contributed by atoms with E-state index in [1.807, 2.05) is 0 Å². The van der Waals surface area contributed by atoms with Crippen LogP contribution < -0.4 is 5.73 Å². The quantitative estimate of drug-likeness (QED) is 0.774. The predicted molar refractivity (Wildman–Crippen MR) is 57.1 cm³/mol. The molecule has 6 nitrogen and oxygen atoms in total. The number of nitrogens with two attached hydrogens (primary N) is 1. The molecule has 0 radical (unpaired) electrons. The number of hydrogen-bond donors (Lipinski definition) is 1. The fourth-order valence-electron chi connectivity index (χ4n) is 1.77. The fourth-order valence-corrected chi connectivity index (χ4v) is 1.77. The molecule has 2 amide bonds. The SMILES string of the molecule is CC(C)N1C(=O)c2nc(C(F)(F)F)nc(N)c2C1=O. The normalized spacial score (nSPS) is 15.4. The molecule has 0 unspecified atom stereocenters. The van der Waals surface area contributed by atoms with Gasteiger partial charge in [0.2, 0.25) is 5.82 Å². The molecule has 1 aromatic heterocycles. The molecule has 0 saturated carbocycles. The number of rotatable bonds is 1. The monoisotopic (exact) mass is 274 g/mol. The van der Waals surface area contributed by atoms with Gasteiger partial charge in [0.05, 0.1) is 0 Å². The number of anilines is 1. The van der Waals surface area contributed by atoms with Gasteiger partial charge in [0.15, 0.2) is 0 Å². The summed E-state index contributed by atoms with van der Waals surface area (Å²) in [5, 5.41) is 0. The first-order valence-corrected chi connectivity index (χ1v) is 5.27. The van der Waals surface area contributed by atoms with Crippen molar-refractivity contribution in [3.8, 4) is 0 Å². The van der Waals surface area contributed by atoms with Crippen LogP contribution in [0.25, 0.3) is 0 Å². The second-order valence-corrected chi connectivity index (χ2v) is 4.23. The zero-order chi connectivity index (χ0) is 14.5. The van der Waals surface area contributed by atoms with E-state index in [4.69, 9.17) is 5.73 Å². The van der Waals surface area contributed by atoms with Crippen LogP contribution in [0.5, 0.6) is 0 Å². The van der Waals surface area contributed by atoms with E-state index in [1.165, 1.54) is 0 Å². The number of amides is 2. The minimum atomic E-state index is -4.84. The molecular formula is C10H9F3N4O2. The van der Waals surface area contributed by atoms with Gasteiger partial charge >= 0.3 is 6.18 Å². The number of imide groups is 1. The maximum Gasteiger partial charge on any atom is 0.451 e. The topological polar surface area (TPSA) is 89.2 Å². The highest BCUT2D eigenvalue weighted by atomic mass is 19.4. The van der Waals surface area contributed by atoms with E-state index in [9.17, 15) is 22.8 Å². The van der Waals surface area contributed by atoms with Gasteiger partial charge in [0, 0.05) is 6.04 Å². The molecule has 0 atom stereocenters.